The first-order valence-corrected chi connectivity index (χ1v) is 7.40. The summed E-state index contributed by atoms with van der Waals surface area (Å²) in [6, 6.07) is 3.23. The number of amides is 1. The van der Waals surface area contributed by atoms with E-state index >= 15 is 0 Å². The molecule has 0 saturated heterocycles. The minimum atomic E-state index is -0.970. The fraction of sp³-hybridized carbons (Fsp3) is 0.417. The highest BCUT2D eigenvalue weighted by Gasteiger charge is 2.12. The summed E-state index contributed by atoms with van der Waals surface area (Å²) >= 11 is 0. The van der Waals surface area contributed by atoms with Crippen LogP contribution >= 0.6 is 0 Å². The Kier molecular flexibility index (Phi) is 6.04. The molecule has 2 unspecified atom stereocenters. The topological polar surface area (TPSA) is 58.2 Å². The van der Waals surface area contributed by atoms with Crippen LogP contribution in [0.1, 0.15) is 6.92 Å². The zero-order valence-electron chi connectivity index (χ0n) is 10.7. The molecule has 0 fully saturated rings. The van der Waals surface area contributed by atoms with E-state index in [4.69, 9.17) is 0 Å². The van der Waals surface area contributed by atoms with Gasteiger partial charge in [0.05, 0.1) is 6.54 Å². The van der Waals surface area contributed by atoms with E-state index in [0.717, 1.165) is 12.1 Å². The first kappa shape index (κ1) is 15.7. The normalized spacial score (nSPS) is 13.9. The highest BCUT2D eigenvalue weighted by molar-refractivity contribution is 7.84. The summed E-state index contributed by atoms with van der Waals surface area (Å²) in [6.45, 7) is 1.67. The highest BCUT2D eigenvalue weighted by atomic mass is 32.2. The quantitative estimate of drug-likeness (QED) is 0.829. The van der Waals surface area contributed by atoms with Gasteiger partial charge in [-0.2, -0.15) is 0 Å². The molecule has 1 aromatic carbocycles. The Morgan fingerprint density at radius 3 is 2.47 bits per heavy atom. The predicted octanol–water partition coefficient (Wildman–Crippen LogP) is 1.26. The van der Waals surface area contributed by atoms with E-state index in [1.165, 1.54) is 6.07 Å². The number of halogens is 2. The molecule has 19 heavy (non-hydrogen) atoms. The average molecular weight is 290 g/mol. The van der Waals surface area contributed by atoms with Gasteiger partial charge < -0.3 is 10.6 Å². The van der Waals surface area contributed by atoms with Crippen molar-refractivity contribution in [3.05, 3.63) is 29.8 Å². The summed E-state index contributed by atoms with van der Waals surface area (Å²) in [5, 5.41) is 4.98. The Labute approximate surface area is 113 Å². The van der Waals surface area contributed by atoms with Gasteiger partial charge in [0, 0.05) is 28.9 Å². The fourth-order valence-electron chi connectivity index (χ4n) is 1.48. The summed E-state index contributed by atoms with van der Waals surface area (Å²) < 4.78 is 37.5. The van der Waals surface area contributed by atoms with E-state index in [1.807, 2.05) is 0 Å². The number of benzene rings is 1. The molecule has 0 aliphatic rings. The fourth-order valence-corrected chi connectivity index (χ4v) is 2.30. The molecule has 2 atom stereocenters. The van der Waals surface area contributed by atoms with Gasteiger partial charge in [-0.1, -0.05) is 6.07 Å². The molecule has 0 saturated carbocycles. The summed E-state index contributed by atoms with van der Waals surface area (Å²) in [5.74, 6) is -1.80. The van der Waals surface area contributed by atoms with Crippen molar-refractivity contribution in [2.75, 3.05) is 23.9 Å². The smallest absolute Gasteiger partial charge is 0.238 e. The standard InChI is InChI=1S/C12H16F2N2O2S/c1-8(7-19(2)18)15-6-11(17)16-12-9(13)4-3-5-10(12)14/h3-5,8,15H,6-7H2,1-2H3,(H,16,17). The number of rotatable bonds is 6. The summed E-state index contributed by atoms with van der Waals surface area (Å²) in [4.78, 5) is 11.5. The van der Waals surface area contributed by atoms with Crippen molar-refractivity contribution in [2.24, 2.45) is 0 Å². The number of carbonyl (C=O) groups excluding carboxylic acids is 1. The molecule has 0 radical (unpaired) electrons. The van der Waals surface area contributed by atoms with E-state index in [9.17, 15) is 17.8 Å². The molecule has 106 valence electrons. The second-order valence-electron chi connectivity index (χ2n) is 4.17. The number of para-hydroxylation sites is 1. The Morgan fingerprint density at radius 1 is 1.37 bits per heavy atom. The average Bonchev–Trinajstić information content (AvgIpc) is 2.30. The third-order valence-electron chi connectivity index (χ3n) is 2.32. The van der Waals surface area contributed by atoms with Crippen LogP contribution in [-0.4, -0.2) is 34.7 Å². The molecule has 1 rings (SSSR count). The minimum absolute atomic E-state index is 0.105. The first-order chi connectivity index (χ1) is 8.90. The van der Waals surface area contributed by atoms with Gasteiger partial charge in [-0.25, -0.2) is 8.78 Å². The van der Waals surface area contributed by atoms with Crippen molar-refractivity contribution in [3.63, 3.8) is 0 Å². The lowest BCUT2D eigenvalue weighted by molar-refractivity contribution is -0.115. The van der Waals surface area contributed by atoms with Crippen LogP contribution in [0.3, 0.4) is 0 Å². The van der Waals surface area contributed by atoms with Crippen LogP contribution in [-0.2, 0) is 15.6 Å². The summed E-state index contributed by atoms with van der Waals surface area (Å²) in [7, 11) is -0.970. The second-order valence-corrected chi connectivity index (χ2v) is 5.65. The van der Waals surface area contributed by atoms with E-state index in [-0.39, 0.29) is 12.6 Å². The van der Waals surface area contributed by atoms with Gasteiger partial charge in [-0.15, -0.1) is 0 Å². The van der Waals surface area contributed by atoms with Gasteiger partial charge in [-0.3, -0.25) is 9.00 Å². The predicted molar refractivity (Wildman–Crippen MR) is 71.4 cm³/mol. The maximum absolute atomic E-state index is 13.3. The molecule has 0 spiro atoms. The van der Waals surface area contributed by atoms with Gasteiger partial charge in [0.1, 0.15) is 17.3 Å². The van der Waals surface area contributed by atoms with Crippen molar-refractivity contribution in [1.82, 2.24) is 5.32 Å². The lowest BCUT2D eigenvalue weighted by atomic mass is 10.3. The molecule has 2 N–H and O–H groups in total. The van der Waals surface area contributed by atoms with E-state index in [0.29, 0.717) is 5.75 Å². The van der Waals surface area contributed by atoms with Crippen LogP contribution in [0.4, 0.5) is 14.5 Å². The third kappa shape index (κ3) is 5.44. The molecule has 4 nitrogen and oxygen atoms in total. The molecule has 1 aromatic rings. The number of hydrogen-bond donors (Lipinski definition) is 2. The largest absolute Gasteiger partial charge is 0.320 e. The van der Waals surface area contributed by atoms with Crippen molar-refractivity contribution in [3.8, 4) is 0 Å². The molecule has 0 aromatic heterocycles. The van der Waals surface area contributed by atoms with Crippen molar-refractivity contribution < 1.29 is 17.8 Å². The van der Waals surface area contributed by atoms with Gasteiger partial charge in [0.15, 0.2) is 0 Å². The van der Waals surface area contributed by atoms with Crippen molar-refractivity contribution in [2.45, 2.75) is 13.0 Å². The Hall–Kier alpha value is -1.34. The molecule has 0 aliphatic carbocycles. The van der Waals surface area contributed by atoms with Crippen LogP contribution in [0, 0.1) is 11.6 Å². The summed E-state index contributed by atoms with van der Waals surface area (Å²) in [5.41, 5.74) is -0.457. The zero-order valence-corrected chi connectivity index (χ0v) is 11.5. The first-order valence-electron chi connectivity index (χ1n) is 5.67. The lowest BCUT2D eigenvalue weighted by Gasteiger charge is -2.12. The highest BCUT2D eigenvalue weighted by Crippen LogP contribution is 2.17. The van der Waals surface area contributed by atoms with Crippen LogP contribution in [0.25, 0.3) is 0 Å². The van der Waals surface area contributed by atoms with Gasteiger partial charge in [0.2, 0.25) is 5.91 Å². The minimum Gasteiger partial charge on any atom is -0.320 e. The number of nitrogens with one attached hydrogen (secondary N) is 2. The molecular weight excluding hydrogens is 274 g/mol. The maximum atomic E-state index is 13.3. The van der Waals surface area contributed by atoms with Gasteiger partial charge in [-0.05, 0) is 19.1 Å². The van der Waals surface area contributed by atoms with E-state index < -0.39 is 34.0 Å². The summed E-state index contributed by atoms with van der Waals surface area (Å²) in [6.07, 6.45) is 1.56. The molecule has 0 heterocycles. The third-order valence-corrected chi connectivity index (χ3v) is 3.29. The second kappa shape index (κ2) is 7.30. The van der Waals surface area contributed by atoms with Crippen LogP contribution in [0.15, 0.2) is 18.2 Å². The Bertz CT molecular complexity index is 463. The number of hydrogen-bond acceptors (Lipinski definition) is 3. The van der Waals surface area contributed by atoms with Crippen LogP contribution in [0.2, 0.25) is 0 Å². The maximum Gasteiger partial charge on any atom is 0.238 e. The zero-order chi connectivity index (χ0) is 14.4. The van der Waals surface area contributed by atoms with Crippen molar-refractivity contribution >= 4 is 22.4 Å². The van der Waals surface area contributed by atoms with Crippen molar-refractivity contribution in [1.29, 1.82) is 0 Å². The van der Waals surface area contributed by atoms with E-state index in [1.54, 1.807) is 13.2 Å². The Balaban J connectivity index is 2.50. The Morgan fingerprint density at radius 2 is 1.95 bits per heavy atom. The number of carbonyl (C=O) groups is 1. The molecule has 1 amide bonds. The monoisotopic (exact) mass is 290 g/mol. The number of anilines is 1. The van der Waals surface area contributed by atoms with Crippen LogP contribution < -0.4 is 10.6 Å². The van der Waals surface area contributed by atoms with E-state index in [2.05, 4.69) is 10.6 Å². The molecular formula is C12H16F2N2O2S. The SMILES string of the molecule is CC(CS(C)=O)NCC(=O)Nc1c(F)cccc1F. The van der Waals surface area contributed by atoms with Gasteiger partial charge in [0.25, 0.3) is 0 Å². The lowest BCUT2D eigenvalue weighted by Crippen LogP contribution is -2.37. The van der Waals surface area contributed by atoms with Crippen LogP contribution in [0.5, 0.6) is 0 Å². The molecule has 7 heteroatoms. The van der Waals surface area contributed by atoms with Gasteiger partial charge >= 0.3 is 0 Å². The molecule has 0 aliphatic heterocycles. The molecule has 0 bridgehead atoms.